The van der Waals surface area contributed by atoms with Gasteiger partial charge in [0.25, 0.3) is 5.91 Å². The van der Waals surface area contributed by atoms with Crippen LogP contribution in [-0.4, -0.2) is 17.5 Å². The Balaban J connectivity index is 1.57. The van der Waals surface area contributed by atoms with Crippen LogP contribution >= 0.6 is 11.6 Å². The molecule has 140 valence electrons. The summed E-state index contributed by atoms with van der Waals surface area (Å²) in [6.07, 6.45) is 0.189. The van der Waals surface area contributed by atoms with E-state index in [1.165, 1.54) is 0 Å². The first-order chi connectivity index (χ1) is 13.5. The lowest BCUT2D eigenvalue weighted by atomic mass is 10.0. The van der Waals surface area contributed by atoms with Gasteiger partial charge in [-0.3, -0.25) is 14.4 Å². The number of anilines is 1. The SMILES string of the molecule is O=C(CCC(=O)c1ccccc1Cl)c1ccc(NC(=O)c2ccccc2)cc1. The number of rotatable bonds is 7. The van der Waals surface area contributed by atoms with Crippen molar-refractivity contribution < 1.29 is 14.4 Å². The molecule has 3 aromatic rings. The molecule has 0 aliphatic heterocycles. The number of hydrogen-bond donors (Lipinski definition) is 1. The third-order valence-corrected chi connectivity index (χ3v) is 4.58. The molecule has 1 amide bonds. The number of amides is 1. The summed E-state index contributed by atoms with van der Waals surface area (Å²) in [6, 6.07) is 22.3. The number of carbonyl (C=O) groups is 3. The van der Waals surface area contributed by atoms with Crippen molar-refractivity contribution in [1.82, 2.24) is 0 Å². The molecule has 0 spiro atoms. The van der Waals surface area contributed by atoms with E-state index in [9.17, 15) is 14.4 Å². The van der Waals surface area contributed by atoms with E-state index in [4.69, 9.17) is 11.6 Å². The van der Waals surface area contributed by atoms with Crippen LogP contribution in [0.2, 0.25) is 5.02 Å². The molecule has 0 heterocycles. The molecular weight excluding hydrogens is 374 g/mol. The van der Waals surface area contributed by atoms with Crippen molar-refractivity contribution in [2.45, 2.75) is 12.8 Å². The predicted molar refractivity (Wildman–Crippen MR) is 110 cm³/mol. The van der Waals surface area contributed by atoms with Gasteiger partial charge >= 0.3 is 0 Å². The van der Waals surface area contributed by atoms with E-state index in [2.05, 4.69) is 5.32 Å². The van der Waals surface area contributed by atoms with Gasteiger partial charge in [0.1, 0.15) is 0 Å². The molecule has 0 aliphatic carbocycles. The van der Waals surface area contributed by atoms with Crippen LogP contribution in [0.3, 0.4) is 0 Å². The van der Waals surface area contributed by atoms with E-state index in [0.717, 1.165) is 0 Å². The summed E-state index contributed by atoms with van der Waals surface area (Å²) in [4.78, 5) is 36.7. The minimum atomic E-state index is -0.218. The van der Waals surface area contributed by atoms with Crippen molar-refractivity contribution in [1.29, 1.82) is 0 Å². The third-order valence-electron chi connectivity index (χ3n) is 4.25. The number of carbonyl (C=O) groups excluding carboxylic acids is 3. The Morgan fingerprint density at radius 2 is 1.29 bits per heavy atom. The zero-order valence-electron chi connectivity index (χ0n) is 15.0. The van der Waals surface area contributed by atoms with Gasteiger partial charge in [-0.1, -0.05) is 41.9 Å². The summed E-state index contributed by atoms with van der Waals surface area (Å²) in [5.74, 6) is -0.517. The normalized spacial score (nSPS) is 10.3. The van der Waals surface area contributed by atoms with E-state index < -0.39 is 0 Å². The van der Waals surface area contributed by atoms with Crippen LogP contribution in [0.5, 0.6) is 0 Å². The van der Waals surface area contributed by atoms with Crippen molar-refractivity contribution in [3.8, 4) is 0 Å². The van der Waals surface area contributed by atoms with Crippen LogP contribution in [0.1, 0.15) is 43.9 Å². The second-order valence-corrected chi connectivity index (χ2v) is 6.63. The fourth-order valence-electron chi connectivity index (χ4n) is 2.73. The maximum Gasteiger partial charge on any atom is 0.255 e. The van der Waals surface area contributed by atoms with Crippen LogP contribution in [0.15, 0.2) is 78.9 Å². The standard InChI is InChI=1S/C23H18ClNO3/c24-20-9-5-4-8-19(20)22(27)15-14-21(26)16-10-12-18(13-11-16)25-23(28)17-6-2-1-3-7-17/h1-13H,14-15H2,(H,25,28). The van der Waals surface area contributed by atoms with Crippen molar-refractivity contribution >= 4 is 34.8 Å². The topological polar surface area (TPSA) is 63.2 Å². The number of Topliss-reactive ketones (excluding diaryl/α,β-unsaturated/α-hetero) is 2. The smallest absolute Gasteiger partial charge is 0.255 e. The summed E-state index contributed by atoms with van der Waals surface area (Å²) < 4.78 is 0. The van der Waals surface area contributed by atoms with Gasteiger partial charge in [0, 0.05) is 35.2 Å². The molecular formula is C23H18ClNO3. The van der Waals surface area contributed by atoms with Crippen molar-refractivity contribution in [2.24, 2.45) is 0 Å². The van der Waals surface area contributed by atoms with E-state index in [1.54, 1.807) is 72.8 Å². The predicted octanol–water partition coefficient (Wildman–Crippen LogP) is 5.44. The molecule has 3 aromatic carbocycles. The molecule has 4 nitrogen and oxygen atoms in total. The molecule has 3 rings (SSSR count). The Morgan fingerprint density at radius 3 is 1.96 bits per heavy atom. The minimum absolute atomic E-state index is 0.0923. The van der Waals surface area contributed by atoms with Crippen LogP contribution < -0.4 is 5.32 Å². The molecule has 0 radical (unpaired) electrons. The summed E-state index contributed by atoms with van der Waals surface area (Å²) >= 11 is 6.01. The second kappa shape index (κ2) is 9.11. The number of benzene rings is 3. The number of ketones is 2. The number of hydrogen-bond acceptors (Lipinski definition) is 3. The molecule has 0 fully saturated rings. The highest BCUT2D eigenvalue weighted by Crippen LogP contribution is 2.19. The quantitative estimate of drug-likeness (QED) is 0.545. The average molecular weight is 392 g/mol. The van der Waals surface area contributed by atoms with E-state index >= 15 is 0 Å². The van der Waals surface area contributed by atoms with Crippen molar-refractivity contribution in [3.63, 3.8) is 0 Å². The Labute approximate surface area is 168 Å². The van der Waals surface area contributed by atoms with Crippen LogP contribution in [-0.2, 0) is 0 Å². The second-order valence-electron chi connectivity index (χ2n) is 6.22. The summed E-state index contributed by atoms with van der Waals surface area (Å²) in [5, 5.41) is 3.17. The van der Waals surface area contributed by atoms with Gasteiger partial charge in [0.05, 0.1) is 5.02 Å². The van der Waals surface area contributed by atoms with E-state index in [1.807, 2.05) is 6.07 Å². The summed E-state index contributed by atoms with van der Waals surface area (Å²) in [6.45, 7) is 0. The lowest BCUT2D eigenvalue weighted by molar-refractivity contribution is 0.0917. The highest BCUT2D eigenvalue weighted by atomic mass is 35.5. The molecule has 0 saturated heterocycles. The van der Waals surface area contributed by atoms with Crippen molar-refractivity contribution in [3.05, 3.63) is 101 Å². The highest BCUT2D eigenvalue weighted by molar-refractivity contribution is 6.34. The Bertz CT molecular complexity index is 998. The highest BCUT2D eigenvalue weighted by Gasteiger charge is 2.13. The number of nitrogens with one attached hydrogen (secondary N) is 1. The molecule has 1 N–H and O–H groups in total. The third kappa shape index (κ3) is 4.93. The fraction of sp³-hybridized carbons (Fsp3) is 0.0870. The number of halogens is 1. The molecule has 28 heavy (non-hydrogen) atoms. The van der Waals surface area contributed by atoms with Gasteiger partial charge in [-0.2, -0.15) is 0 Å². The van der Waals surface area contributed by atoms with Gasteiger partial charge in [0.2, 0.25) is 0 Å². The molecule has 0 aliphatic rings. The first-order valence-corrected chi connectivity index (χ1v) is 9.20. The van der Waals surface area contributed by atoms with E-state index in [-0.39, 0.29) is 30.3 Å². The Kier molecular flexibility index (Phi) is 6.35. The monoisotopic (exact) mass is 391 g/mol. The van der Waals surface area contributed by atoms with E-state index in [0.29, 0.717) is 27.4 Å². The molecule has 5 heteroatoms. The Morgan fingerprint density at radius 1 is 0.679 bits per heavy atom. The van der Waals surface area contributed by atoms with Crippen LogP contribution in [0.4, 0.5) is 5.69 Å². The van der Waals surface area contributed by atoms with Gasteiger partial charge in [0.15, 0.2) is 11.6 Å². The average Bonchev–Trinajstić information content (AvgIpc) is 2.73. The molecule has 0 bridgehead atoms. The lowest BCUT2D eigenvalue weighted by Crippen LogP contribution is -2.11. The minimum Gasteiger partial charge on any atom is -0.322 e. The van der Waals surface area contributed by atoms with Crippen molar-refractivity contribution in [2.75, 3.05) is 5.32 Å². The van der Waals surface area contributed by atoms with Gasteiger partial charge in [-0.25, -0.2) is 0 Å². The zero-order valence-corrected chi connectivity index (χ0v) is 15.8. The van der Waals surface area contributed by atoms with Gasteiger partial charge in [-0.15, -0.1) is 0 Å². The maximum atomic E-state index is 12.3. The first kappa shape index (κ1) is 19.5. The van der Waals surface area contributed by atoms with Gasteiger partial charge < -0.3 is 5.32 Å². The zero-order chi connectivity index (χ0) is 19.9. The molecule has 0 atom stereocenters. The van der Waals surface area contributed by atoms with Crippen LogP contribution in [0.25, 0.3) is 0 Å². The first-order valence-electron chi connectivity index (χ1n) is 8.82. The summed E-state index contributed by atoms with van der Waals surface area (Å²) in [5.41, 5.74) is 2.07. The van der Waals surface area contributed by atoms with Gasteiger partial charge in [-0.05, 0) is 48.5 Å². The van der Waals surface area contributed by atoms with Crippen LogP contribution in [0, 0.1) is 0 Å². The summed E-state index contributed by atoms with van der Waals surface area (Å²) in [7, 11) is 0. The fourth-order valence-corrected chi connectivity index (χ4v) is 2.97. The molecule has 0 saturated carbocycles. The lowest BCUT2D eigenvalue weighted by Gasteiger charge is -2.07. The molecule has 0 aromatic heterocycles. The molecule has 0 unspecified atom stereocenters. The Hall–Kier alpha value is -3.24. The maximum absolute atomic E-state index is 12.3. The largest absolute Gasteiger partial charge is 0.322 e.